The Bertz CT molecular complexity index is 653. The third-order valence-electron chi connectivity index (χ3n) is 2.91. The summed E-state index contributed by atoms with van der Waals surface area (Å²) >= 11 is 9.51. The molecule has 0 unspecified atom stereocenters. The third kappa shape index (κ3) is 3.62. The quantitative estimate of drug-likeness (QED) is 0.707. The van der Waals surface area contributed by atoms with E-state index in [9.17, 15) is 4.79 Å². The lowest BCUT2D eigenvalue weighted by Gasteiger charge is -2.11. The van der Waals surface area contributed by atoms with Crippen molar-refractivity contribution in [3.63, 3.8) is 0 Å². The van der Waals surface area contributed by atoms with E-state index < -0.39 is 0 Å². The molecule has 0 aromatic heterocycles. The highest BCUT2D eigenvalue weighted by Crippen LogP contribution is 2.25. The Balaban J connectivity index is 2.20. The van der Waals surface area contributed by atoms with Crippen LogP contribution in [0.2, 0.25) is 5.02 Å². The number of Topliss-reactive ketones (excluding diaryl/α,β-unsaturated/α-hetero) is 1. The zero-order valence-corrected chi connectivity index (χ0v) is 13.6. The van der Waals surface area contributed by atoms with Crippen LogP contribution < -0.4 is 4.74 Å². The van der Waals surface area contributed by atoms with Gasteiger partial charge < -0.3 is 4.74 Å². The minimum absolute atomic E-state index is 0.00870. The van der Waals surface area contributed by atoms with Crippen molar-refractivity contribution in [2.24, 2.45) is 0 Å². The number of aryl methyl sites for hydroxylation is 1. The molecule has 0 N–H and O–H groups in total. The van der Waals surface area contributed by atoms with Gasteiger partial charge in [0.25, 0.3) is 0 Å². The van der Waals surface area contributed by atoms with Gasteiger partial charge in [0.2, 0.25) is 0 Å². The Morgan fingerprint density at radius 2 is 2.00 bits per heavy atom. The number of ether oxygens (including phenoxy) is 1. The van der Waals surface area contributed by atoms with Gasteiger partial charge in [0.1, 0.15) is 12.4 Å². The molecule has 0 heterocycles. The first-order valence-electron chi connectivity index (χ1n) is 6.15. The molecule has 0 spiro atoms. The van der Waals surface area contributed by atoms with E-state index in [2.05, 4.69) is 15.9 Å². The molecule has 0 aliphatic carbocycles. The van der Waals surface area contributed by atoms with Crippen LogP contribution in [0.15, 0.2) is 40.9 Å². The van der Waals surface area contributed by atoms with Crippen molar-refractivity contribution in [1.29, 1.82) is 0 Å². The van der Waals surface area contributed by atoms with Gasteiger partial charge in [-0.3, -0.25) is 4.79 Å². The molecule has 0 radical (unpaired) electrons. The summed E-state index contributed by atoms with van der Waals surface area (Å²) in [6, 6.07) is 11.2. The summed E-state index contributed by atoms with van der Waals surface area (Å²) in [5.41, 5.74) is 2.51. The second-order valence-electron chi connectivity index (χ2n) is 4.58. The molecule has 0 bridgehead atoms. The summed E-state index contributed by atoms with van der Waals surface area (Å²) < 4.78 is 6.66. The molecule has 4 heteroatoms. The first-order valence-corrected chi connectivity index (χ1v) is 7.33. The number of hydrogen-bond acceptors (Lipinski definition) is 2. The van der Waals surface area contributed by atoms with Gasteiger partial charge in [-0.1, -0.05) is 45.2 Å². The van der Waals surface area contributed by atoms with Gasteiger partial charge in [-0.2, -0.15) is 0 Å². The van der Waals surface area contributed by atoms with Gasteiger partial charge >= 0.3 is 0 Å². The molecule has 20 heavy (non-hydrogen) atoms. The van der Waals surface area contributed by atoms with E-state index in [1.165, 1.54) is 6.92 Å². The maximum atomic E-state index is 11.6. The SMILES string of the molecule is CC(=O)c1cc(C)ccc1OCc1ccc(Br)cc1Cl. The second kappa shape index (κ2) is 6.42. The van der Waals surface area contributed by atoms with Crippen LogP contribution in [-0.2, 0) is 6.61 Å². The Hall–Kier alpha value is -1.32. The fraction of sp³-hybridized carbons (Fsp3) is 0.188. The molecule has 2 nitrogen and oxygen atoms in total. The van der Waals surface area contributed by atoms with E-state index in [0.29, 0.717) is 22.9 Å². The zero-order valence-electron chi connectivity index (χ0n) is 11.2. The van der Waals surface area contributed by atoms with E-state index in [1.54, 1.807) is 0 Å². The number of halogens is 2. The second-order valence-corrected chi connectivity index (χ2v) is 5.90. The van der Waals surface area contributed by atoms with Crippen molar-refractivity contribution in [3.8, 4) is 5.75 Å². The lowest BCUT2D eigenvalue weighted by molar-refractivity contribution is 0.101. The van der Waals surface area contributed by atoms with E-state index in [0.717, 1.165) is 15.6 Å². The van der Waals surface area contributed by atoms with Gasteiger partial charge in [0.15, 0.2) is 5.78 Å². The molecule has 0 aliphatic rings. The van der Waals surface area contributed by atoms with Crippen LogP contribution in [0.25, 0.3) is 0 Å². The molecule has 2 aromatic rings. The first-order chi connectivity index (χ1) is 9.47. The van der Waals surface area contributed by atoms with Crippen LogP contribution in [0.1, 0.15) is 28.4 Å². The summed E-state index contributed by atoms with van der Waals surface area (Å²) in [5, 5.41) is 0.635. The maximum absolute atomic E-state index is 11.6. The average molecular weight is 354 g/mol. The molecule has 2 aromatic carbocycles. The molecule has 104 valence electrons. The number of benzene rings is 2. The average Bonchev–Trinajstić information content (AvgIpc) is 2.38. The largest absolute Gasteiger partial charge is 0.488 e. The zero-order chi connectivity index (χ0) is 14.7. The molecule has 2 rings (SSSR count). The van der Waals surface area contributed by atoms with Crippen LogP contribution in [0.5, 0.6) is 5.75 Å². The van der Waals surface area contributed by atoms with E-state index in [1.807, 2.05) is 43.3 Å². The number of carbonyl (C=O) groups excluding carboxylic acids is 1. The molecule has 0 saturated carbocycles. The highest BCUT2D eigenvalue weighted by molar-refractivity contribution is 9.10. The Kier molecular flexibility index (Phi) is 4.84. The molecule has 0 aliphatic heterocycles. The minimum Gasteiger partial charge on any atom is -0.488 e. The van der Waals surface area contributed by atoms with Crippen molar-refractivity contribution >= 4 is 33.3 Å². The molecule has 0 fully saturated rings. The van der Waals surface area contributed by atoms with Gasteiger partial charge in [-0.05, 0) is 38.1 Å². The summed E-state index contributed by atoms with van der Waals surface area (Å²) in [6.07, 6.45) is 0. The number of ketones is 1. The van der Waals surface area contributed by atoms with Gasteiger partial charge in [0, 0.05) is 15.1 Å². The van der Waals surface area contributed by atoms with Crippen LogP contribution in [0.3, 0.4) is 0 Å². The Labute approximate surface area is 131 Å². The van der Waals surface area contributed by atoms with Crippen molar-refractivity contribution < 1.29 is 9.53 Å². The van der Waals surface area contributed by atoms with Crippen molar-refractivity contribution in [1.82, 2.24) is 0 Å². The molecule has 0 atom stereocenters. The molecule has 0 amide bonds. The lowest BCUT2D eigenvalue weighted by atomic mass is 10.1. The molecule has 0 saturated heterocycles. The summed E-state index contributed by atoms with van der Waals surface area (Å²) in [6.45, 7) is 3.81. The number of carbonyl (C=O) groups is 1. The molecular formula is C16H14BrClO2. The van der Waals surface area contributed by atoms with Crippen LogP contribution in [0.4, 0.5) is 0 Å². The minimum atomic E-state index is -0.00870. The highest BCUT2D eigenvalue weighted by Gasteiger charge is 2.10. The fourth-order valence-electron chi connectivity index (χ4n) is 1.84. The topological polar surface area (TPSA) is 26.3 Å². The van der Waals surface area contributed by atoms with E-state index in [4.69, 9.17) is 16.3 Å². The van der Waals surface area contributed by atoms with E-state index >= 15 is 0 Å². The normalized spacial score (nSPS) is 10.4. The van der Waals surface area contributed by atoms with Crippen molar-refractivity contribution in [3.05, 3.63) is 62.6 Å². The predicted molar refractivity (Wildman–Crippen MR) is 84.7 cm³/mol. The van der Waals surface area contributed by atoms with Gasteiger partial charge in [-0.15, -0.1) is 0 Å². The number of hydrogen-bond donors (Lipinski definition) is 0. The standard InChI is InChI=1S/C16H14BrClO2/c1-10-3-6-16(14(7-10)11(2)19)20-9-12-4-5-13(17)8-15(12)18/h3-8H,9H2,1-2H3. The summed E-state index contributed by atoms with van der Waals surface area (Å²) in [7, 11) is 0. The number of rotatable bonds is 4. The van der Waals surface area contributed by atoms with Crippen molar-refractivity contribution in [2.45, 2.75) is 20.5 Å². The summed E-state index contributed by atoms with van der Waals surface area (Å²) in [5.74, 6) is 0.577. The van der Waals surface area contributed by atoms with Gasteiger partial charge in [-0.25, -0.2) is 0 Å². The Morgan fingerprint density at radius 3 is 2.65 bits per heavy atom. The maximum Gasteiger partial charge on any atom is 0.163 e. The summed E-state index contributed by atoms with van der Waals surface area (Å²) in [4.78, 5) is 11.6. The smallest absolute Gasteiger partial charge is 0.163 e. The van der Waals surface area contributed by atoms with Crippen LogP contribution in [-0.4, -0.2) is 5.78 Å². The highest BCUT2D eigenvalue weighted by atomic mass is 79.9. The molecular weight excluding hydrogens is 340 g/mol. The predicted octanol–water partition coefficient (Wildman–Crippen LogP) is 5.19. The van der Waals surface area contributed by atoms with Gasteiger partial charge in [0.05, 0.1) is 5.56 Å². The fourth-order valence-corrected chi connectivity index (χ4v) is 2.57. The van der Waals surface area contributed by atoms with Crippen molar-refractivity contribution in [2.75, 3.05) is 0 Å². The first kappa shape index (κ1) is 15.1. The lowest BCUT2D eigenvalue weighted by Crippen LogP contribution is -2.02. The van der Waals surface area contributed by atoms with Crippen LogP contribution >= 0.6 is 27.5 Å². The van der Waals surface area contributed by atoms with E-state index in [-0.39, 0.29) is 5.78 Å². The van der Waals surface area contributed by atoms with Crippen LogP contribution in [0, 0.1) is 6.92 Å². The third-order valence-corrected chi connectivity index (χ3v) is 3.76. The Morgan fingerprint density at radius 1 is 1.25 bits per heavy atom. The monoisotopic (exact) mass is 352 g/mol.